The van der Waals surface area contributed by atoms with Gasteiger partial charge in [-0.2, -0.15) is 0 Å². The van der Waals surface area contributed by atoms with E-state index in [1.807, 2.05) is 13.0 Å². The summed E-state index contributed by atoms with van der Waals surface area (Å²) in [5, 5.41) is 16.1. The number of nitrogens with zero attached hydrogens (tertiary/aromatic N) is 6. The number of piperidine rings is 1. The molecule has 0 atom stereocenters. The predicted octanol–water partition coefficient (Wildman–Crippen LogP) is 2.12. The number of aromatic nitrogens is 5. The number of aryl methyl sites for hydroxylation is 1. The average molecular weight is 517 g/mol. The number of carbonyl (C=O) groups excluding carboxylic acids is 1. The molecule has 188 valence electrons. The standard InChI is InChI=1S/C25H24N8O3S/c1-17-13-19(15-28-24(17)32-10-4-2-5-11-32)25(34)29-21-14-18(20(16-27-21)37(26,35)36)8-9-23-31-30-22-7-3-6-12-33(22)23/h3,6-7,12-16H,2,4-5,10-11H2,1H3,(H2,26,35,36)(H,27,29,34). The second-order valence-corrected chi connectivity index (χ2v) is 10.2. The zero-order chi connectivity index (χ0) is 26.0. The van der Waals surface area contributed by atoms with Crippen LogP contribution in [0.2, 0.25) is 0 Å². The first-order valence-corrected chi connectivity index (χ1v) is 13.2. The van der Waals surface area contributed by atoms with E-state index >= 15 is 0 Å². The molecule has 37 heavy (non-hydrogen) atoms. The van der Waals surface area contributed by atoms with E-state index in [9.17, 15) is 13.2 Å². The van der Waals surface area contributed by atoms with Gasteiger partial charge in [-0.15, -0.1) is 10.2 Å². The van der Waals surface area contributed by atoms with Gasteiger partial charge < -0.3 is 10.2 Å². The van der Waals surface area contributed by atoms with Gasteiger partial charge in [0.25, 0.3) is 5.91 Å². The molecular formula is C25H24N8O3S. The van der Waals surface area contributed by atoms with Gasteiger partial charge in [0.05, 0.1) is 17.3 Å². The van der Waals surface area contributed by atoms with Crippen LogP contribution in [-0.2, 0) is 10.0 Å². The summed E-state index contributed by atoms with van der Waals surface area (Å²) in [6, 6.07) is 8.52. The Morgan fingerprint density at radius 1 is 1.05 bits per heavy atom. The molecule has 4 aromatic rings. The first-order valence-electron chi connectivity index (χ1n) is 11.7. The summed E-state index contributed by atoms with van der Waals surface area (Å²) in [6.45, 7) is 3.83. The van der Waals surface area contributed by atoms with E-state index in [1.165, 1.54) is 18.7 Å². The van der Waals surface area contributed by atoms with Crippen molar-refractivity contribution in [3.63, 3.8) is 0 Å². The van der Waals surface area contributed by atoms with Gasteiger partial charge in [-0.3, -0.25) is 9.20 Å². The van der Waals surface area contributed by atoms with Gasteiger partial charge in [-0.05, 0) is 61.9 Å². The maximum Gasteiger partial charge on any atom is 0.258 e. The van der Waals surface area contributed by atoms with Crippen LogP contribution in [-0.4, -0.2) is 52.0 Å². The summed E-state index contributed by atoms with van der Waals surface area (Å²) in [5.41, 5.74) is 1.92. The van der Waals surface area contributed by atoms with Crippen LogP contribution in [0.15, 0.2) is 53.8 Å². The van der Waals surface area contributed by atoms with Crippen molar-refractivity contribution >= 4 is 33.2 Å². The number of anilines is 2. The van der Waals surface area contributed by atoms with E-state index in [-0.39, 0.29) is 16.3 Å². The van der Waals surface area contributed by atoms with Crippen LogP contribution in [0.3, 0.4) is 0 Å². The Kier molecular flexibility index (Phi) is 6.56. The van der Waals surface area contributed by atoms with E-state index in [2.05, 4.69) is 42.2 Å². The van der Waals surface area contributed by atoms with Crippen molar-refractivity contribution in [2.45, 2.75) is 31.1 Å². The molecule has 0 spiro atoms. The maximum absolute atomic E-state index is 12.9. The van der Waals surface area contributed by atoms with Crippen molar-refractivity contribution in [1.29, 1.82) is 0 Å². The van der Waals surface area contributed by atoms with Gasteiger partial charge >= 0.3 is 0 Å². The smallest absolute Gasteiger partial charge is 0.258 e. The second kappa shape index (κ2) is 9.96. The van der Waals surface area contributed by atoms with Crippen molar-refractivity contribution in [3.8, 4) is 11.8 Å². The van der Waals surface area contributed by atoms with Gasteiger partial charge in [-0.1, -0.05) is 12.0 Å². The Balaban J connectivity index is 1.42. The molecule has 0 aliphatic carbocycles. The van der Waals surface area contributed by atoms with Crippen molar-refractivity contribution in [2.75, 3.05) is 23.3 Å². The number of sulfonamides is 1. The van der Waals surface area contributed by atoms with E-state index in [4.69, 9.17) is 5.14 Å². The lowest BCUT2D eigenvalue weighted by Gasteiger charge is -2.29. The number of carbonyl (C=O) groups is 1. The van der Waals surface area contributed by atoms with Crippen molar-refractivity contribution in [2.24, 2.45) is 5.14 Å². The molecule has 3 N–H and O–H groups in total. The predicted molar refractivity (Wildman–Crippen MR) is 138 cm³/mol. The number of nitrogens with one attached hydrogen (secondary N) is 1. The highest BCUT2D eigenvalue weighted by Crippen LogP contribution is 2.23. The fourth-order valence-electron chi connectivity index (χ4n) is 4.20. The fraction of sp³-hybridized carbons (Fsp3) is 0.240. The molecule has 4 aromatic heterocycles. The summed E-state index contributed by atoms with van der Waals surface area (Å²) in [7, 11) is -4.12. The van der Waals surface area contributed by atoms with Crippen LogP contribution in [0.5, 0.6) is 0 Å². The summed E-state index contributed by atoms with van der Waals surface area (Å²) in [5.74, 6) is 6.48. The van der Waals surface area contributed by atoms with Crippen LogP contribution in [0, 0.1) is 18.8 Å². The zero-order valence-electron chi connectivity index (χ0n) is 20.0. The zero-order valence-corrected chi connectivity index (χ0v) is 20.9. The number of nitrogens with two attached hydrogens (primary N) is 1. The summed E-state index contributed by atoms with van der Waals surface area (Å²) < 4.78 is 25.9. The highest BCUT2D eigenvalue weighted by molar-refractivity contribution is 7.89. The average Bonchev–Trinajstić information content (AvgIpc) is 3.30. The number of pyridine rings is 3. The summed E-state index contributed by atoms with van der Waals surface area (Å²) in [4.78, 5) is 23.5. The molecule has 1 fully saturated rings. The normalized spacial score (nSPS) is 13.7. The Morgan fingerprint density at radius 3 is 2.62 bits per heavy atom. The Labute approximate surface area is 213 Å². The van der Waals surface area contributed by atoms with E-state index < -0.39 is 15.9 Å². The van der Waals surface area contributed by atoms with Crippen LogP contribution >= 0.6 is 0 Å². The van der Waals surface area contributed by atoms with Crippen molar-refractivity contribution in [1.82, 2.24) is 24.6 Å². The van der Waals surface area contributed by atoms with Crippen molar-refractivity contribution in [3.05, 3.63) is 71.4 Å². The van der Waals surface area contributed by atoms with Gasteiger partial charge in [0, 0.05) is 25.5 Å². The molecule has 1 saturated heterocycles. The third kappa shape index (κ3) is 5.28. The van der Waals surface area contributed by atoms with Crippen LogP contribution in [0.4, 0.5) is 11.6 Å². The minimum absolute atomic E-state index is 0.0650. The number of rotatable bonds is 4. The molecule has 5 heterocycles. The van der Waals surface area contributed by atoms with Gasteiger partial charge in [-0.25, -0.2) is 23.5 Å². The number of fused-ring (bicyclic) bond motifs is 1. The van der Waals surface area contributed by atoms with E-state index in [1.54, 1.807) is 28.8 Å². The molecule has 0 aromatic carbocycles. The van der Waals surface area contributed by atoms with Crippen LogP contribution in [0.25, 0.3) is 5.65 Å². The van der Waals surface area contributed by atoms with Crippen LogP contribution < -0.4 is 15.4 Å². The lowest BCUT2D eigenvalue weighted by atomic mass is 10.1. The molecule has 0 unspecified atom stereocenters. The molecular weight excluding hydrogens is 492 g/mol. The number of hydrogen-bond donors (Lipinski definition) is 2. The highest BCUT2D eigenvalue weighted by Gasteiger charge is 2.18. The molecule has 1 aliphatic heterocycles. The molecule has 1 aliphatic rings. The highest BCUT2D eigenvalue weighted by atomic mass is 32.2. The summed E-state index contributed by atoms with van der Waals surface area (Å²) in [6.07, 6.45) is 7.81. The number of primary sulfonamides is 1. The monoisotopic (exact) mass is 516 g/mol. The minimum Gasteiger partial charge on any atom is -0.356 e. The molecule has 12 heteroatoms. The van der Waals surface area contributed by atoms with Gasteiger partial charge in [0.2, 0.25) is 15.8 Å². The topological polar surface area (TPSA) is 148 Å². The SMILES string of the molecule is Cc1cc(C(=O)Nc2cc(C#Cc3nnc4ccccn34)c(S(N)(=O)=O)cn2)cnc1N1CCCCC1. The molecule has 0 bridgehead atoms. The Morgan fingerprint density at radius 2 is 1.86 bits per heavy atom. The quantitative estimate of drug-likeness (QED) is 0.392. The van der Waals surface area contributed by atoms with Crippen molar-refractivity contribution < 1.29 is 13.2 Å². The van der Waals surface area contributed by atoms with E-state index in [0.717, 1.165) is 43.5 Å². The van der Waals surface area contributed by atoms with Gasteiger partial charge in [0.1, 0.15) is 16.5 Å². The summed E-state index contributed by atoms with van der Waals surface area (Å²) >= 11 is 0. The molecule has 0 saturated carbocycles. The first-order chi connectivity index (χ1) is 17.8. The van der Waals surface area contributed by atoms with Gasteiger partial charge in [0.15, 0.2) is 5.65 Å². The molecule has 0 radical (unpaired) electrons. The lowest BCUT2D eigenvalue weighted by Crippen LogP contribution is -2.31. The van der Waals surface area contributed by atoms with Crippen LogP contribution in [0.1, 0.15) is 46.6 Å². The Bertz CT molecular complexity index is 1660. The third-order valence-corrected chi connectivity index (χ3v) is 6.95. The first kappa shape index (κ1) is 24.4. The maximum atomic E-state index is 12.9. The Hall–Kier alpha value is -4.34. The number of hydrogen-bond acceptors (Lipinski definition) is 8. The third-order valence-electron chi connectivity index (χ3n) is 6.01. The largest absolute Gasteiger partial charge is 0.356 e. The fourth-order valence-corrected chi connectivity index (χ4v) is 4.82. The number of amides is 1. The second-order valence-electron chi connectivity index (χ2n) is 8.68. The van der Waals surface area contributed by atoms with E-state index in [0.29, 0.717) is 17.0 Å². The lowest BCUT2D eigenvalue weighted by molar-refractivity contribution is 0.102. The molecule has 5 rings (SSSR count). The molecule has 1 amide bonds. The minimum atomic E-state index is -4.12. The molecule has 11 nitrogen and oxygen atoms in total.